The maximum Gasteiger partial charge on any atom is 0.120 e. The summed E-state index contributed by atoms with van der Waals surface area (Å²) in [5.41, 5.74) is 2.11. The summed E-state index contributed by atoms with van der Waals surface area (Å²) in [5.74, 6) is 1.19. The van der Waals surface area contributed by atoms with E-state index >= 15 is 0 Å². The summed E-state index contributed by atoms with van der Waals surface area (Å²) in [4.78, 5) is 0. The third kappa shape index (κ3) is 3.32. The standard InChI is InChI=1S/C18H22O2/c1-4-18(3,5-2)20-17-12-8-15(9-13-17)14-6-10-16(19)11-7-14/h6-13,19H,4-5H2,1-3H3. The molecule has 0 atom stereocenters. The Hall–Kier alpha value is -1.96. The molecule has 2 aromatic rings. The first-order valence-corrected chi connectivity index (χ1v) is 7.15. The minimum Gasteiger partial charge on any atom is -0.508 e. The third-order valence-electron chi connectivity index (χ3n) is 3.91. The molecule has 0 spiro atoms. The summed E-state index contributed by atoms with van der Waals surface area (Å²) < 4.78 is 6.07. The summed E-state index contributed by atoms with van der Waals surface area (Å²) >= 11 is 0. The molecule has 2 nitrogen and oxygen atoms in total. The Morgan fingerprint density at radius 3 is 1.75 bits per heavy atom. The molecule has 0 aromatic heterocycles. The predicted octanol–water partition coefficient (Wildman–Crippen LogP) is 5.02. The monoisotopic (exact) mass is 270 g/mol. The molecule has 0 unspecified atom stereocenters. The van der Waals surface area contributed by atoms with Crippen LogP contribution < -0.4 is 4.74 Å². The molecule has 0 saturated heterocycles. The molecule has 0 fully saturated rings. The first kappa shape index (κ1) is 14.4. The molecule has 0 aliphatic heterocycles. The van der Waals surface area contributed by atoms with Gasteiger partial charge >= 0.3 is 0 Å². The van der Waals surface area contributed by atoms with Gasteiger partial charge in [-0.05, 0) is 55.2 Å². The van der Waals surface area contributed by atoms with Crippen molar-refractivity contribution in [2.45, 2.75) is 39.2 Å². The summed E-state index contributed by atoms with van der Waals surface area (Å²) in [6.07, 6.45) is 1.98. The van der Waals surface area contributed by atoms with Gasteiger partial charge in [0.1, 0.15) is 17.1 Å². The normalized spacial score (nSPS) is 11.3. The Bertz CT molecular complexity index is 537. The average Bonchev–Trinajstić information content (AvgIpc) is 2.49. The Balaban J connectivity index is 2.16. The molecule has 20 heavy (non-hydrogen) atoms. The second-order valence-corrected chi connectivity index (χ2v) is 5.33. The number of rotatable bonds is 5. The van der Waals surface area contributed by atoms with Gasteiger partial charge in [-0.2, -0.15) is 0 Å². The Morgan fingerprint density at radius 2 is 1.30 bits per heavy atom. The van der Waals surface area contributed by atoms with Crippen molar-refractivity contribution in [2.24, 2.45) is 0 Å². The largest absolute Gasteiger partial charge is 0.508 e. The third-order valence-corrected chi connectivity index (χ3v) is 3.91. The molecule has 0 amide bonds. The maximum absolute atomic E-state index is 9.31. The molecule has 0 aliphatic carbocycles. The highest BCUT2D eigenvalue weighted by Gasteiger charge is 2.21. The minimum absolute atomic E-state index is 0.0972. The molecule has 1 N–H and O–H groups in total. The molecule has 0 saturated carbocycles. The van der Waals surface area contributed by atoms with Crippen molar-refractivity contribution >= 4 is 0 Å². The van der Waals surface area contributed by atoms with Crippen molar-refractivity contribution in [2.75, 3.05) is 0 Å². The fraction of sp³-hybridized carbons (Fsp3) is 0.333. The molecule has 2 rings (SSSR count). The quantitative estimate of drug-likeness (QED) is 0.827. The molecule has 0 radical (unpaired) electrons. The van der Waals surface area contributed by atoms with Gasteiger partial charge in [0.25, 0.3) is 0 Å². The number of ether oxygens (including phenoxy) is 1. The topological polar surface area (TPSA) is 29.5 Å². The smallest absolute Gasteiger partial charge is 0.120 e. The summed E-state index contributed by atoms with van der Waals surface area (Å²) in [5, 5.41) is 9.31. The highest BCUT2D eigenvalue weighted by atomic mass is 16.5. The second-order valence-electron chi connectivity index (χ2n) is 5.33. The lowest BCUT2D eigenvalue weighted by atomic mass is 10.00. The lowest BCUT2D eigenvalue weighted by Gasteiger charge is -2.28. The zero-order valence-electron chi connectivity index (χ0n) is 12.4. The van der Waals surface area contributed by atoms with E-state index in [9.17, 15) is 5.11 Å². The van der Waals surface area contributed by atoms with Gasteiger partial charge in [-0.25, -0.2) is 0 Å². The lowest BCUT2D eigenvalue weighted by molar-refractivity contribution is 0.0803. The van der Waals surface area contributed by atoms with Crippen LogP contribution >= 0.6 is 0 Å². The summed E-state index contributed by atoms with van der Waals surface area (Å²) in [6, 6.07) is 15.3. The highest BCUT2D eigenvalue weighted by Crippen LogP contribution is 2.27. The van der Waals surface area contributed by atoms with Crippen molar-refractivity contribution < 1.29 is 9.84 Å². The zero-order chi connectivity index (χ0) is 14.6. The van der Waals surface area contributed by atoms with Crippen LogP contribution in [0.1, 0.15) is 33.6 Å². The number of aromatic hydroxyl groups is 1. The van der Waals surface area contributed by atoms with E-state index < -0.39 is 0 Å². The van der Waals surface area contributed by atoms with Crippen molar-refractivity contribution in [1.82, 2.24) is 0 Å². The van der Waals surface area contributed by atoms with Crippen molar-refractivity contribution in [3.05, 3.63) is 48.5 Å². The molecular weight excluding hydrogens is 248 g/mol. The zero-order valence-corrected chi connectivity index (χ0v) is 12.4. The van der Waals surface area contributed by atoms with Gasteiger partial charge in [0.15, 0.2) is 0 Å². The van der Waals surface area contributed by atoms with Crippen LogP contribution in [-0.4, -0.2) is 10.7 Å². The van der Waals surface area contributed by atoms with Gasteiger partial charge in [-0.15, -0.1) is 0 Å². The van der Waals surface area contributed by atoms with E-state index in [1.54, 1.807) is 12.1 Å². The molecule has 106 valence electrons. The molecule has 2 heteroatoms. The second kappa shape index (κ2) is 6.00. The van der Waals surface area contributed by atoms with Gasteiger partial charge in [-0.3, -0.25) is 0 Å². The van der Waals surface area contributed by atoms with Gasteiger partial charge in [0, 0.05) is 0 Å². The highest BCUT2D eigenvalue weighted by molar-refractivity contribution is 5.64. The van der Waals surface area contributed by atoms with Crippen LogP contribution in [0, 0.1) is 0 Å². The average molecular weight is 270 g/mol. The molecule has 2 aromatic carbocycles. The van der Waals surface area contributed by atoms with E-state index in [4.69, 9.17) is 4.74 Å². The van der Waals surface area contributed by atoms with Crippen LogP contribution in [0.4, 0.5) is 0 Å². The molecular formula is C18H22O2. The summed E-state index contributed by atoms with van der Waals surface area (Å²) in [7, 11) is 0. The van der Waals surface area contributed by atoms with E-state index in [1.165, 1.54) is 0 Å². The SMILES string of the molecule is CCC(C)(CC)Oc1ccc(-c2ccc(O)cc2)cc1. The van der Waals surface area contributed by atoms with E-state index in [2.05, 4.69) is 20.8 Å². The van der Waals surface area contributed by atoms with Crippen molar-refractivity contribution in [3.8, 4) is 22.6 Å². The predicted molar refractivity (Wildman–Crippen MR) is 83.2 cm³/mol. The van der Waals surface area contributed by atoms with Gasteiger partial charge in [-0.1, -0.05) is 38.1 Å². The first-order chi connectivity index (χ1) is 9.56. The molecule has 0 heterocycles. The Morgan fingerprint density at radius 1 is 0.850 bits per heavy atom. The van der Waals surface area contributed by atoms with Crippen LogP contribution in [0.2, 0.25) is 0 Å². The van der Waals surface area contributed by atoms with Crippen molar-refractivity contribution in [3.63, 3.8) is 0 Å². The fourth-order valence-electron chi connectivity index (χ4n) is 2.05. The van der Waals surface area contributed by atoms with Crippen LogP contribution in [0.5, 0.6) is 11.5 Å². The minimum atomic E-state index is -0.0972. The number of phenols is 1. The Kier molecular flexibility index (Phi) is 4.33. The van der Waals surface area contributed by atoms with Crippen LogP contribution in [0.25, 0.3) is 11.1 Å². The van der Waals surface area contributed by atoms with Crippen molar-refractivity contribution in [1.29, 1.82) is 0 Å². The summed E-state index contributed by atoms with van der Waals surface area (Å²) in [6.45, 7) is 6.43. The maximum atomic E-state index is 9.31. The fourth-order valence-corrected chi connectivity index (χ4v) is 2.05. The van der Waals surface area contributed by atoms with Gasteiger partial charge < -0.3 is 9.84 Å². The number of phenolic OH excluding ortho intramolecular Hbond substituents is 1. The number of hydrogen-bond donors (Lipinski definition) is 1. The van der Waals surface area contributed by atoms with Crippen LogP contribution in [0.15, 0.2) is 48.5 Å². The van der Waals surface area contributed by atoms with Gasteiger partial charge in [0.2, 0.25) is 0 Å². The molecule has 0 bridgehead atoms. The van der Waals surface area contributed by atoms with Crippen LogP contribution in [-0.2, 0) is 0 Å². The van der Waals surface area contributed by atoms with Gasteiger partial charge in [0.05, 0.1) is 0 Å². The van der Waals surface area contributed by atoms with E-state index in [1.807, 2.05) is 36.4 Å². The van der Waals surface area contributed by atoms with E-state index in [-0.39, 0.29) is 11.4 Å². The van der Waals surface area contributed by atoms with Crippen LogP contribution in [0.3, 0.4) is 0 Å². The van der Waals surface area contributed by atoms with E-state index in [0.717, 1.165) is 29.7 Å². The number of benzene rings is 2. The molecule has 0 aliphatic rings. The first-order valence-electron chi connectivity index (χ1n) is 7.15. The van der Waals surface area contributed by atoms with E-state index in [0.29, 0.717) is 0 Å². The lowest BCUT2D eigenvalue weighted by Crippen LogP contribution is -2.30. The number of hydrogen-bond acceptors (Lipinski definition) is 2. The Labute approximate surface area is 121 Å².